The Balaban J connectivity index is 1.43. The van der Waals surface area contributed by atoms with E-state index >= 15 is 0 Å². The molecular weight excluding hydrogens is 366 g/mol. The molecule has 154 valence electrons. The molecule has 4 rings (SSSR count). The fourth-order valence-corrected chi connectivity index (χ4v) is 4.18. The zero-order valence-electron chi connectivity index (χ0n) is 17.3. The second-order valence-electron chi connectivity index (χ2n) is 7.92. The molecule has 0 bridgehead atoms. The van der Waals surface area contributed by atoms with Crippen molar-refractivity contribution in [3.63, 3.8) is 0 Å². The van der Waals surface area contributed by atoms with E-state index in [0.717, 1.165) is 54.4 Å². The van der Waals surface area contributed by atoms with E-state index in [9.17, 15) is 4.79 Å². The lowest BCUT2D eigenvalue weighted by molar-refractivity contribution is -0.136. The summed E-state index contributed by atoms with van der Waals surface area (Å²) < 4.78 is 5.34. The van der Waals surface area contributed by atoms with Crippen LogP contribution < -0.4 is 0 Å². The molecule has 2 fully saturated rings. The second-order valence-corrected chi connectivity index (χ2v) is 7.92. The molecule has 0 radical (unpaired) electrons. The molecule has 0 N–H and O–H groups in total. The van der Waals surface area contributed by atoms with Gasteiger partial charge in [0.15, 0.2) is 0 Å². The fraction of sp³-hybridized carbons (Fsp3) is 0.545. The van der Waals surface area contributed by atoms with Crippen molar-refractivity contribution in [1.29, 1.82) is 0 Å². The molecule has 7 nitrogen and oxygen atoms in total. The Morgan fingerprint density at radius 3 is 2.55 bits per heavy atom. The summed E-state index contributed by atoms with van der Waals surface area (Å²) in [5.41, 5.74) is 4.19. The maximum atomic E-state index is 12.5. The molecule has 0 aliphatic carbocycles. The van der Waals surface area contributed by atoms with Crippen molar-refractivity contribution in [2.75, 3.05) is 45.9 Å². The maximum absolute atomic E-state index is 12.5. The van der Waals surface area contributed by atoms with Crippen LogP contribution in [-0.4, -0.2) is 76.6 Å². The van der Waals surface area contributed by atoms with Crippen LogP contribution in [0.5, 0.6) is 0 Å². The van der Waals surface area contributed by atoms with Gasteiger partial charge in [-0.15, -0.1) is 0 Å². The number of pyridine rings is 1. The first-order chi connectivity index (χ1) is 14.1. The Morgan fingerprint density at radius 1 is 1.07 bits per heavy atom. The monoisotopic (exact) mass is 395 g/mol. The molecule has 29 heavy (non-hydrogen) atoms. The first-order valence-electron chi connectivity index (χ1n) is 10.5. The normalized spacial score (nSPS) is 18.8. The van der Waals surface area contributed by atoms with Crippen molar-refractivity contribution >= 4 is 5.91 Å². The Hall–Kier alpha value is -2.38. The summed E-state index contributed by atoms with van der Waals surface area (Å²) in [5, 5.41) is 0. The van der Waals surface area contributed by atoms with Gasteiger partial charge >= 0.3 is 0 Å². The molecule has 2 aromatic heterocycles. The highest BCUT2D eigenvalue weighted by Gasteiger charge is 2.27. The molecule has 0 saturated carbocycles. The van der Waals surface area contributed by atoms with Crippen LogP contribution in [0.1, 0.15) is 36.0 Å². The highest BCUT2D eigenvalue weighted by molar-refractivity contribution is 5.78. The molecule has 2 saturated heterocycles. The van der Waals surface area contributed by atoms with E-state index in [0.29, 0.717) is 38.8 Å². The highest BCUT2D eigenvalue weighted by atomic mass is 16.5. The zero-order valence-corrected chi connectivity index (χ0v) is 17.3. The van der Waals surface area contributed by atoms with Crippen molar-refractivity contribution in [3.8, 4) is 11.3 Å². The van der Waals surface area contributed by atoms with Crippen molar-refractivity contribution in [2.24, 2.45) is 0 Å². The Kier molecular flexibility index (Phi) is 6.16. The maximum Gasteiger partial charge on any atom is 0.236 e. The summed E-state index contributed by atoms with van der Waals surface area (Å²) in [6.07, 6.45) is 3.81. The predicted octanol–water partition coefficient (Wildman–Crippen LogP) is 2.19. The summed E-state index contributed by atoms with van der Waals surface area (Å²) in [6.45, 7) is 9.01. The van der Waals surface area contributed by atoms with E-state index in [1.165, 1.54) is 0 Å². The summed E-state index contributed by atoms with van der Waals surface area (Å²) in [7, 11) is 0. The average molecular weight is 396 g/mol. The largest absolute Gasteiger partial charge is 0.378 e. The minimum Gasteiger partial charge on any atom is -0.378 e. The number of likely N-dealkylation sites (tertiary alicyclic amines) is 1. The molecule has 7 heteroatoms. The quantitative estimate of drug-likeness (QED) is 0.790. The van der Waals surface area contributed by atoms with Crippen LogP contribution in [0.3, 0.4) is 0 Å². The van der Waals surface area contributed by atoms with E-state index in [4.69, 9.17) is 9.72 Å². The van der Waals surface area contributed by atoms with Gasteiger partial charge in [0.2, 0.25) is 5.91 Å². The lowest BCUT2D eigenvalue weighted by Crippen LogP contribution is -2.47. The summed E-state index contributed by atoms with van der Waals surface area (Å²) in [6, 6.07) is 6.14. The SMILES string of the molecule is Cc1ccc(-c2ccnc(C)n2)c(C2CCN(CC(=O)N3CCOCC3)CC2)n1. The molecule has 0 atom stereocenters. The fourth-order valence-electron chi connectivity index (χ4n) is 4.18. The number of nitrogens with zero attached hydrogens (tertiary/aromatic N) is 5. The summed E-state index contributed by atoms with van der Waals surface area (Å²) in [4.78, 5) is 30.5. The number of rotatable bonds is 4. The third-order valence-electron chi connectivity index (χ3n) is 5.81. The van der Waals surface area contributed by atoms with Gasteiger partial charge in [0.1, 0.15) is 5.82 Å². The van der Waals surface area contributed by atoms with Crippen molar-refractivity contribution in [2.45, 2.75) is 32.6 Å². The van der Waals surface area contributed by atoms with Crippen LogP contribution >= 0.6 is 0 Å². The first-order valence-corrected chi connectivity index (χ1v) is 10.5. The molecule has 4 heterocycles. The Labute approximate surface area is 172 Å². The molecular formula is C22H29N5O2. The van der Waals surface area contributed by atoms with Crippen molar-refractivity contribution in [3.05, 3.63) is 41.6 Å². The Bertz CT molecular complexity index is 858. The third kappa shape index (κ3) is 4.79. The molecule has 2 aliphatic heterocycles. The van der Waals surface area contributed by atoms with Crippen molar-refractivity contribution < 1.29 is 9.53 Å². The Morgan fingerprint density at radius 2 is 1.83 bits per heavy atom. The van der Waals surface area contributed by atoms with Gasteiger partial charge in [0.05, 0.1) is 31.1 Å². The molecule has 1 amide bonds. The van der Waals surface area contributed by atoms with Crippen LogP contribution in [0.2, 0.25) is 0 Å². The number of aromatic nitrogens is 3. The minimum absolute atomic E-state index is 0.220. The van der Waals surface area contributed by atoms with Gasteiger partial charge in [-0.05, 0) is 58.0 Å². The van der Waals surface area contributed by atoms with E-state index in [1.807, 2.05) is 30.9 Å². The van der Waals surface area contributed by atoms with Crippen molar-refractivity contribution in [1.82, 2.24) is 24.8 Å². The van der Waals surface area contributed by atoms with E-state index in [2.05, 4.69) is 20.9 Å². The van der Waals surface area contributed by atoms with Gasteiger partial charge in [-0.25, -0.2) is 9.97 Å². The van der Waals surface area contributed by atoms with Gasteiger partial charge in [-0.1, -0.05) is 0 Å². The third-order valence-corrected chi connectivity index (χ3v) is 5.81. The van der Waals surface area contributed by atoms with E-state index in [-0.39, 0.29) is 5.91 Å². The lowest BCUT2D eigenvalue weighted by atomic mass is 9.89. The van der Waals surface area contributed by atoms with Crippen LogP contribution in [0.4, 0.5) is 0 Å². The number of aryl methyl sites for hydroxylation is 2. The van der Waals surface area contributed by atoms with Gasteiger partial charge in [-0.3, -0.25) is 14.7 Å². The number of carbonyl (C=O) groups excluding carboxylic acids is 1. The average Bonchev–Trinajstić information content (AvgIpc) is 2.75. The van der Waals surface area contributed by atoms with Gasteiger partial charge < -0.3 is 9.64 Å². The van der Waals surface area contributed by atoms with Crippen LogP contribution in [-0.2, 0) is 9.53 Å². The molecule has 0 spiro atoms. The number of morpholine rings is 1. The number of amides is 1. The van der Waals surface area contributed by atoms with Gasteiger partial charge in [0, 0.05) is 36.5 Å². The number of piperidine rings is 1. The van der Waals surface area contributed by atoms with E-state index in [1.54, 1.807) is 6.20 Å². The minimum atomic E-state index is 0.220. The lowest BCUT2D eigenvalue weighted by Gasteiger charge is -2.34. The number of hydrogen-bond donors (Lipinski definition) is 0. The molecule has 2 aliphatic rings. The van der Waals surface area contributed by atoms with Crippen LogP contribution in [0.25, 0.3) is 11.3 Å². The molecule has 0 unspecified atom stereocenters. The topological polar surface area (TPSA) is 71.5 Å². The zero-order chi connectivity index (χ0) is 20.2. The smallest absolute Gasteiger partial charge is 0.236 e. The first kappa shape index (κ1) is 19.9. The highest BCUT2D eigenvalue weighted by Crippen LogP contribution is 2.33. The predicted molar refractivity (Wildman–Crippen MR) is 111 cm³/mol. The van der Waals surface area contributed by atoms with E-state index < -0.39 is 0 Å². The van der Waals surface area contributed by atoms with Crippen LogP contribution in [0.15, 0.2) is 24.4 Å². The summed E-state index contributed by atoms with van der Waals surface area (Å²) >= 11 is 0. The standard InChI is InChI=1S/C22H29N5O2/c1-16-3-4-19(20-5-8-23-17(2)25-20)22(24-16)18-6-9-26(10-7-18)15-21(28)27-11-13-29-14-12-27/h3-5,8,18H,6-7,9-15H2,1-2H3. The molecule has 0 aromatic carbocycles. The number of carbonyl (C=O) groups is 1. The number of ether oxygens (including phenoxy) is 1. The summed E-state index contributed by atoms with van der Waals surface area (Å²) in [5.74, 6) is 1.37. The van der Waals surface area contributed by atoms with Crippen LogP contribution in [0, 0.1) is 13.8 Å². The molecule has 2 aromatic rings. The van der Waals surface area contributed by atoms with Gasteiger partial charge in [0.25, 0.3) is 0 Å². The second kappa shape index (κ2) is 8.97. The van der Waals surface area contributed by atoms with Gasteiger partial charge in [-0.2, -0.15) is 0 Å². The number of hydrogen-bond acceptors (Lipinski definition) is 6.